The summed E-state index contributed by atoms with van der Waals surface area (Å²) in [7, 11) is 0. The molecule has 2 N–H and O–H groups in total. The summed E-state index contributed by atoms with van der Waals surface area (Å²) >= 11 is 12.6. The van der Waals surface area contributed by atoms with Gasteiger partial charge in [-0.2, -0.15) is 0 Å². The van der Waals surface area contributed by atoms with E-state index in [1.807, 2.05) is 18.2 Å². The molecule has 0 amide bonds. The maximum Gasteiger partial charge on any atom is 0.0753 e. The smallest absolute Gasteiger partial charge is 0.0753 e. The van der Waals surface area contributed by atoms with Crippen LogP contribution in [0.4, 0.5) is 0 Å². The highest BCUT2D eigenvalue weighted by atomic mass is 35.5. The summed E-state index contributed by atoms with van der Waals surface area (Å²) in [5.74, 6) is 0. The molecule has 0 spiro atoms. The van der Waals surface area contributed by atoms with Crippen molar-refractivity contribution in [3.8, 4) is 0 Å². The monoisotopic (exact) mass is 302 g/mol. The van der Waals surface area contributed by atoms with Gasteiger partial charge >= 0.3 is 0 Å². The first-order valence-electron chi connectivity index (χ1n) is 6.46. The van der Waals surface area contributed by atoms with E-state index in [1.165, 1.54) is 0 Å². The summed E-state index contributed by atoms with van der Waals surface area (Å²) in [5.41, 5.74) is 6.72. The molecule has 19 heavy (non-hydrogen) atoms. The minimum absolute atomic E-state index is 0.0318. The van der Waals surface area contributed by atoms with Crippen LogP contribution in [0.5, 0.6) is 0 Å². The number of nitrogens with zero attached hydrogens (tertiary/aromatic N) is 1. The molecular formula is C14H20Cl2N2O. The number of hydrogen-bond donors (Lipinski definition) is 1. The zero-order valence-electron chi connectivity index (χ0n) is 11.3. The first kappa shape index (κ1) is 15.1. The quantitative estimate of drug-likeness (QED) is 0.932. The summed E-state index contributed by atoms with van der Waals surface area (Å²) in [4.78, 5) is 2.30. The van der Waals surface area contributed by atoms with Gasteiger partial charge in [-0.3, -0.25) is 4.90 Å². The summed E-state index contributed by atoms with van der Waals surface area (Å²) in [6.07, 6.45) is 0. The molecule has 0 saturated carbocycles. The van der Waals surface area contributed by atoms with Crippen molar-refractivity contribution in [1.29, 1.82) is 0 Å². The van der Waals surface area contributed by atoms with Crippen molar-refractivity contribution in [1.82, 2.24) is 4.90 Å². The molecule has 1 aromatic carbocycles. The van der Waals surface area contributed by atoms with E-state index in [0.29, 0.717) is 23.2 Å². The lowest BCUT2D eigenvalue weighted by atomic mass is 10.0. The zero-order chi connectivity index (χ0) is 14.0. The first-order valence-corrected chi connectivity index (χ1v) is 7.22. The second kappa shape index (κ2) is 5.98. The van der Waals surface area contributed by atoms with Gasteiger partial charge in [-0.1, -0.05) is 29.3 Å². The summed E-state index contributed by atoms with van der Waals surface area (Å²) in [6, 6.07) is 5.60. The third-order valence-electron chi connectivity index (χ3n) is 3.45. The maximum atomic E-state index is 6.30. The van der Waals surface area contributed by atoms with Crippen molar-refractivity contribution in [2.24, 2.45) is 5.73 Å². The fourth-order valence-corrected chi connectivity index (χ4v) is 3.25. The van der Waals surface area contributed by atoms with Gasteiger partial charge in [0, 0.05) is 35.2 Å². The average Bonchev–Trinajstić information content (AvgIpc) is 2.32. The van der Waals surface area contributed by atoms with Gasteiger partial charge in [0.05, 0.1) is 18.2 Å². The summed E-state index contributed by atoms with van der Waals surface area (Å²) < 4.78 is 5.74. The van der Waals surface area contributed by atoms with Crippen LogP contribution in [-0.4, -0.2) is 36.7 Å². The summed E-state index contributed by atoms with van der Waals surface area (Å²) in [5, 5.41) is 1.35. The third kappa shape index (κ3) is 3.41. The second-order valence-corrected chi connectivity index (χ2v) is 6.28. The Bertz CT molecular complexity index is 431. The molecule has 1 saturated heterocycles. The number of benzene rings is 1. The highest BCUT2D eigenvalue weighted by molar-refractivity contribution is 6.36. The van der Waals surface area contributed by atoms with Crippen LogP contribution in [0.3, 0.4) is 0 Å². The van der Waals surface area contributed by atoms with E-state index in [9.17, 15) is 0 Å². The van der Waals surface area contributed by atoms with Crippen LogP contribution in [-0.2, 0) is 4.74 Å². The molecule has 0 aromatic heterocycles. The molecule has 3 nitrogen and oxygen atoms in total. The Balaban J connectivity index is 2.29. The van der Waals surface area contributed by atoms with Crippen LogP contribution >= 0.6 is 23.2 Å². The van der Waals surface area contributed by atoms with E-state index in [1.54, 1.807) is 0 Å². The SMILES string of the molecule is CC1(C)CN(C(CN)c2c(Cl)cccc2Cl)CCO1. The largest absolute Gasteiger partial charge is 0.373 e. The lowest BCUT2D eigenvalue weighted by Gasteiger charge is -2.42. The van der Waals surface area contributed by atoms with Gasteiger partial charge in [0.15, 0.2) is 0 Å². The van der Waals surface area contributed by atoms with E-state index in [4.69, 9.17) is 33.7 Å². The number of ether oxygens (including phenoxy) is 1. The van der Waals surface area contributed by atoms with Gasteiger partial charge in [0.2, 0.25) is 0 Å². The normalized spacial score (nSPS) is 21.3. The highest BCUT2D eigenvalue weighted by Crippen LogP contribution is 2.35. The van der Waals surface area contributed by atoms with Gasteiger partial charge in [-0.05, 0) is 26.0 Å². The van der Waals surface area contributed by atoms with Crippen molar-refractivity contribution in [3.63, 3.8) is 0 Å². The molecule has 1 aliphatic heterocycles. The maximum absolute atomic E-state index is 6.30. The fraction of sp³-hybridized carbons (Fsp3) is 0.571. The van der Waals surface area contributed by atoms with Gasteiger partial charge in [0.1, 0.15) is 0 Å². The Hall–Kier alpha value is -0.320. The Morgan fingerprint density at radius 2 is 2.00 bits per heavy atom. The Morgan fingerprint density at radius 1 is 1.37 bits per heavy atom. The predicted octanol–water partition coefficient (Wildman–Crippen LogP) is 3.10. The second-order valence-electron chi connectivity index (χ2n) is 5.47. The van der Waals surface area contributed by atoms with Crippen LogP contribution in [0, 0.1) is 0 Å². The molecule has 1 fully saturated rings. The minimum atomic E-state index is -0.167. The topological polar surface area (TPSA) is 38.5 Å². The number of halogens is 2. The van der Waals surface area contributed by atoms with Gasteiger partial charge < -0.3 is 10.5 Å². The van der Waals surface area contributed by atoms with Crippen LogP contribution in [0.1, 0.15) is 25.5 Å². The zero-order valence-corrected chi connectivity index (χ0v) is 12.8. The standard InChI is InChI=1S/C14H20Cl2N2O/c1-14(2)9-18(6-7-19-14)12(8-17)13-10(15)4-3-5-11(13)16/h3-5,12H,6-9,17H2,1-2H3. The third-order valence-corrected chi connectivity index (χ3v) is 4.11. The number of hydrogen-bond acceptors (Lipinski definition) is 3. The summed E-state index contributed by atoms with van der Waals surface area (Å²) in [6.45, 7) is 7.01. The van der Waals surface area contributed by atoms with Crippen LogP contribution in [0.2, 0.25) is 10.0 Å². The number of rotatable bonds is 3. The van der Waals surface area contributed by atoms with Crippen LogP contribution < -0.4 is 5.73 Å². The van der Waals surface area contributed by atoms with Crippen molar-refractivity contribution in [2.75, 3.05) is 26.2 Å². The molecule has 1 atom stereocenters. The van der Waals surface area contributed by atoms with Crippen LogP contribution in [0.15, 0.2) is 18.2 Å². The van der Waals surface area contributed by atoms with E-state index < -0.39 is 0 Å². The lowest BCUT2D eigenvalue weighted by molar-refractivity contribution is -0.0967. The average molecular weight is 303 g/mol. The first-order chi connectivity index (χ1) is 8.94. The molecular weight excluding hydrogens is 283 g/mol. The van der Waals surface area contributed by atoms with E-state index in [2.05, 4.69) is 18.7 Å². The predicted molar refractivity (Wildman–Crippen MR) is 79.9 cm³/mol. The van der Waals surface area contributed by atoms with Crippen molar-refractivity contribution < 1.29 is 4.74 Å². The molecule has 1 aromatic rings. The molecule has 0 radical (unpaired) electrons. The number of morpholine rings is 1. The van der Waals surface area contributed by atoms with Crippen molar-refractivity contribution in [2.45, 2.75) is 25.5 Å². The highest BCUT2D eigenvalue weighted by Gasteiger charge is 2.32. The van der Waals surface area contributed by atoms with E-state index in [-0.39, 0.29) is 11.6 Å². The molecule has 2 rings (SSSR count). The Morgan fingerprint density at radius 3 is 2.53 bits per heavy atom. The van der Waals surface area contributed by atoms with Gasteiger partial charge in [0.25, 0.3) is 0 Å². The van der Waals surface area contributed by atoms with Crippen LogP contribution in [0.25, 0.3) is 0 Å². The lowest BCUT2D eigenvalue weighted by Crippen LogP contribution is -2.50. The Labute approximate surface area is 124 Å². The molecule has 0 aliphatic carbocycles. The fourth-order valence-electron chi connectivity index (χ4n) is 2.60. The molecule has 0 bridgehead atoms. The minimum Gasteiger partial charge on any atom is -0.373 e. The molecule has 1 unspecified atom stereocenters. The Kier molecular flexibility index (Phi) is 4.75. The molecule has 1 aliphatic rings. The van der Waals surface area contributed by atoms with E-state index in [0.717, 1.165) is 18.7 Å². The molecule has 106 valence electrons. The van der Waals surface area contributed by atoms with Gasteiger partial charge in [-0.25, -0.2) is 0 Å². The number of nitrogens with two attached hydrogens (primary N) is 1. The van der Waals surface area contributed by atoms with Crippen molar-refractivity contribution >= 4 is 23.2 Å². The molecule has 1 heterocycles. The van der Waals surface area contributed by atoms with Gasteiger partial charge in [-0.15, -0.1) is 0 Å². The van der Waals surface area contributed by atoms with Crippen molar-refractivity contribution in [3.05, 3.63) is 33.8 Å². The van der Waals surface area contributed by atoms with E-state index >= 15 is 0 Å². The molecule has 5 heteroatoms.